The van der Waals surface area contributed by atoms with E-state index in [2.05, 4.69) is 17.2 Å². The number of rotatable bonds is 3. The molecule has 0 saturated heterocycles. The third kappa shape index (κ3) is 2.59. The number of amides is 1. The van der Waals surface area contributed by atoms with Gasteiger partial charge in [-0.3, -0.25) is 4.79 Å². The largest absolute Gasteiger partial charge is 0.330 e. The highest BCUT2D eigenvalue weighted by Gasteiger charge is 2.20. The lowest BCUT2D eigenvalue weighted by Crippen LogP contribution is -2.16. The van der Waals surface area contributed by atoms with Gasteiger partial charge in [-0.15, -0.1) is 11.3 Å². The standard InChI is InChI=1S/C11H17N3OS/c1-7-2-3-8-9(6-7)16-11(13-8)14-10(15)4-5-12/h7H,2-6,12H2,1H3,(H,13,14,15). The maximum absolute atomic E-state index is 11.4. The fraction of sp³-hybridized carbons (Fsp3) is 0.636. The van der Waals surface area contributed by atoms with Crippen LogP contribution in [0.2, 0.25) is 0 Å². The average molecular weight is 239 g/mol. The first-order chi connectivity index (χ1) is 7.69. The molecule has 2 rings (SSSR count). The predicted octanol–water partition coefficient (Wildman–Crippen LogP) is 1.56. The molecule has 88 valence electrons. The van der Waals surface area contributed by atoms with Crippen molar-refractivity contribution >= 4 is 22.4 Å². The zero-order chi connectivity index (χ0) is 11.5. The third-order valence-corrected chi connectivity index (χ3v) is 3.84. The van der Waals surface area contributed by atoms with E-state index in [9.17, 15) is 4.79 Å². The van der Waals surface area contributed by atoms with Crippen molar-refractivity contribution in [1.82, 2.24) is 4.98 Å². The number of thiazole rings is 1. The molecule has 0 aromatic carbocycles. The molecule has 0 radical (unpaired) electrons. The van der Waals surface area contributed by atoms with Gasteiger partial charge in [0.15, 0.2) is 5.13 Å². The van der Waals surface area contributed by atoms with Crippen molar-refractivity contribution in [3.05, 3.63) is 10.6 Å². The number of hydrogen-bond acceptors (Lipinski definition) is 4. The minimum Gasteiger partial charge on any atom is -0.330 e. The van der Waals surface area contributed by atoms with E-state index in [0.29, 0.717) is 13.0 Å². The Hall–Kier alpha value is -0.940. The summed E-state index contributed by atoms with van der Waals surface area (Å²) < 4.78 is 0. The Morgan fingerprint density at radius 3 is 3.25 bits per heavy atom. The number of nitrogens with two attached hydrogens (primary N) is 1. The van der Waals surface area contributed by atoms with Crippen molar-refractivity contribution in [1.29, 1.82) is 0 Å². The van der Waals surface area contributed by atoms with Crippen molar-refractivity contribution in [3.8, 4) is 0 Å². The van der Waals surface area contributed by atoms with Gasteiger partial charge in [0.05, 0.1) is 5.69 Å². The summed E-state index contributed by atoms with van der Waals surface area (Å²) >= 11 is 1.61. The summed E-state index contributed by atoms with van der Waals surface area (Å²) in [5.74, 6) is 0.696. The van der Waals surface area contributed by atoms with Gasteiger partial charge in [0.1, 0.15) is 0 Å². The van der Waals surface area contributed by atoms with Gasteiger partial charge in [0.25, 0.3) is 0 Å². The molecule has 0 saturated carbocycles. The predicted molar refractivity (Wildman–Crippen MR) is 65.6 cm³/mol. The molecule has 1 aromatic heterocycles. The summed E-state index contributed by atoms with van der Waals surface area (Å²) in [6.45, 7) is 2.64. The Morgan fingerprint density at radius 2 is 2.50 bits per heavy atom. The summed E-state index contributed by atoms with van der Waals surface area (Å²) in [5, 5.41) is 3.54. The Balaban J connectivity index is 2.04. The van der Waals surface area contributed by atoms with Gasteiger partial charge >= 0.3 is 0 Å². The molecule has 5 heteroatoms. The number of fused-ring (bicyclic) bond motifs is 1. The molecule has 0 aliphatic heterocycles. The zero-order valence-electron chi connectivity index (χ0n) is 9.45. The van der Waals surface area contributed by atoms with Crippen LogP contribution < -0.4 is 11.1 Å². The second-order valence-corrected chi connectivity index (χ2v) is 5.41. The van der Waals surface area contributed by atoms with Crippen molar-refractivity contribution in [3.63, 3.8) is 0 Å². The van der Waals surface area contributed by atoms with Gasteiger partial charge in [-0.2, -0.15) is 0 Å². The number of hydrogen-bond donors (Lipinski definition) is 2. The molecule has 0 spiro atoms. The molecule has 0 fully saturated rings. The van der Waals surface area contributed by atoms with Crippen LogP contribution in [-0.4, -0.2) is 17.4 Å². The minimum absolute atomic E-state index is 0.0401. The topological polar surface area (TPSA) is 68.0 Å². The molecule has 1 atom stereocenters. The summed E-state index contributed by atoms with van der Waals surface area (Å²) in [7, 11) is 0. The molecule has 4 nitrogen and oxygen atoms in total. The molecule has 1 aliphatic carbocycles. The molecule has 1 unspecified atom stereocenters. The molecular weight excluding hydrogens is 222 g/mol. The smallest absolute Gasteiger partial charge is 0.227 e. The first kappa shape index (κ1) is 11.5. The molecule has 1 aliphatic rings. The van der Waals surface area contributed by atoms with E-state index < -0.39 is 0 Å². The van der Waals surface area contributed by atoms with E-state index in [-0.39, 0.29) is 5.91 Å². The van der Waals surface area contributed by atoms with Crippen LogP contribution in [0.3, 0.4) is 0 Å². The van der Waals surface area contributed by atoms with Crippen LogP contribution >= 0.6 is 11.3 Å². The fourth-order valence-corrected chi connectivity index (χ4v) is 3.09. The Kier molecular flexibility index (Phi) is 3.56. The average Bonchev–Trinajstić information content (AvgIpc) is 2.59. The molecule has 0 bridgehead atoms. The number of nitrogens with one attached hydrogen (secondary N) is 1. The van der Waals surface area contributed by atoms with Crippen LogP contribution in [0.25, 0.3) is 0 Å². The second-order valence-electron chi connectivity index (χ2n) is 4.32. The van der Waals surface area contributed by atoms with Gasteiger partial charge < -0.3 is 11.1 Å². The van der Waals surface area contributed by atoms with Gasteiger partial charge in [-0.1, -0.05) is 6.92 Å². The van der Waals surface area contributed by atoms with E-state index in [1.807, 2.05) is 0 Å². The van der Waals surface area contributed by atoms with E-state index >= 15 is 0 Å². The van der Waals surface area contributed by atoms with Gasteiger partial charge in [-0.25, -0.2) is 4.98 Å². The van der Waals surface area contributed by atoms with Crippen molar-refractivity contribution in [2.45, 2.75) is 32.6 Å². The molecule has 3 N–H and O–H groups in total. The normalized spacial score (nSPS) is 19.2. The van der Waals surface area contributed by atoms with Gasteiger partial charge in [-0.05, 0) is 25.2 Å². The summed E-state index contributed by atoms with van der Waals surface area (Å²) in [5.41, 5.74) is 6.49. The first-order valence-electron chi connectivity index (χ1n) is 5.67. The SMILES string of the molecule is CC1CCc2nc(NC(=O)CCN)sc2C1. The number of aromatic nitrogens is 1. The van der Waals surface area contributed by atoms with Gasteiger partial charge in [0.2, 0.25) is 5.91 Å². The van der Waals surface area contributed by atoms with E-state index in [4.69, 9.17) is 5.73 Å². The lowest BCUT2D eigenvalue weighted by atomic mass is 9.93. The number of carbonyl (C=O) groups excluding carboxylic acids is 1. The minimum atomic E-state index is -0.0401. The Morgan fingerprint density at radius 1 is 1.69 bits per heavy atom. The molecular formula is C11H17N3OS. The highest BCUT2D eigenvalue weighted by molar-refractivity contribution is 7.15. The molecule has 1 aromatic rings. The maximum Gasteiger partial charge on any atom is 0.227 e. The Bertz CT molecular complexity index is 389. The summed E-state index contributed by atoms with van der Waals surface area (Å²) in [4.78, 5) is 17.2. The lowest BCUT2D eigenvalue weighted by Gasteiger charge is -2.15. The van der Waals surface area contributed by atoms with E-state index in [0.717, 1.165) is 23.9 Å². The highest BCUT2D eigenvalue weighted by atomic mass is 32.1. The number of aryl methyl sites for hydroxylation is 1. The van der Waals surface area contributed by atoms with Crippen LogP contribution in [0.5, 0.6) is 0 Å². The first-order valence-corrected chi connectivity index (χ1v) is 6.49. The molecule has 16 heavy (non-hydrogen) atoms. The summed E-state index contributed by atoms with van der Waals surface area (Å²) in [6.07, 6.45) is 3.70. The van der Waals surface area contributed by atoms with Gasteiger partial charge in [0, 0.05) is 17.8 Å². The number of carbonyl (C=O) groups is 1. The number of anilines is 1. The van der Waals surface area contributed by atoms with Crippen molar-refractivity contribution in [2.75, 3.05) is 11.9 Å². The highest BCUT2D eigenvalue weighted by Crippen LogP contribution is 2.31. The lowest BCUT2D eigenvalue weighted by molar-refractivity contribution is -0.116. The van der Waals surface area contributed by atoms with Crippen molar-refractivity contribution < 1.29 is 4.79 Å². The van der Waals surface area contributed by atoms with Crippen molar-refractivity contribution in [2.24, 2.45) is 11.7 Å². The van der Waals surface area contributed by atoms with E-state index in [1.165, 1.54) is 17.0 Å². The van der Waals surface area contributed by atoms with Crippen LogP contribution in [0.4, 0.5) is 5.13 Å². The monoisotopic (exact) mass is 239 g/mol. The van der Waals surface area contributed by atoms with Crippen LogP contribution in [0.15, 0.2) is 0 Å². The zero-order valence-corrected chi connectivity index (χ0v) is 10.3. The van der Waals surface area contributed by atoms with Crippen LogP contribution in [0, 0.1) is 5.92 Å². The second kappa shape index (κ2) is 4.93. The third-order valence-electron chi connectivity index (χ3n) is 2.80. The van der Waals surface area contributed by atoms with Crippen LogP contribution in [-0.2, 0) is 17.6 Å². The maximum atomic E-state index is 11.4. The fourth-order valence-electron chi connectivity index (χ4n) is 1.91. The molecule has 1 amide bonds. The number of nitrogens with zero attached hydrogens (tertiary/aromatic N) is 1. The molecule has 1 heterocycles. The quantitative estimate of drug-likeness (QED) is 0.841. The summed E-state index contributed by atoms with van der Waals surface area (Å²) in [6, 6.07) is 0. The van der Waals surface area contributed by atoms with E-state index in [1.54, 1.807) is 11.3 Å². The Labute approximate surface area is 99.3 Å². The van der Waals surface area contributed by atoms with Crippen LogP contribution in [0.1, 0.15) is 30.3 Å².